The van der Waals surface area contributed by atoms with E-state index in [1.54, 1.807) is 11.3 Å². The van der Waals surface area contributed by atoms with Gasteiger partial charge < -0.3 is 19.1 Å². The van der Waals surface area contributed by atoms with Gasteiger partial charge in [0, 0.05) is 48.7 Å². The molecule has 0 N–H and O–H groups in total. The summed E-state index contributed by atoms with van der Waals surface area (Å²) in [7, 11) is 2.13. The Kier molecular flexibility index (Phi) is 7.62. The standard InChI is InChI=1S/C30H34N6O3S/c1-19(2)29-32-33-30(40-29)20-10-12-24(13-11-20)38-25-16-21(8-9-22(25)18-36-15-5-7-26(36)37)27-31-28(39-34-27)23-6-4-14-35(3)17-23/h8-13,16,19,23H,4-7,14-15,17-18H2,1-3H3. The van der Waals surface area contributed by atoms with Crippen molar-refractivity contribution in [3.8, 4) is 33.5 Å². The molecule has 1 amide bonds. The molecule has 1 unspecified atom stereocenters. The number of likely N-dealkylation sites (N-methyl/N-ethyl adjacent to an activating group) is 1. The lowest BCUT2D eigenvalue weighted by molar-refractivity contribution is -0.128. The molecule has 9 nitrogen and oxygen atoms in total. The molecule has 40 heavy (non-hydrogen) atoms. The van der Waals surface area contributed by atoms with Crippen LogP contribution < -0.4 is 4.74 Å². The zero-order valence-electron chi connectivity index (χ0n) is 23.2. The fourth-order valence-corrected chi connectivity index (χ4v) is 6.11. The summed E-state index contributed by atoms with van der Waals surface area (Å²) in [6.45, 7) is 7.52. The summed E-state index contributed by atoms with van der Waals surface area (Å²) in [6.07, 6.45) is 3.66. The number of aromatic nitrogens is 4. The Bertz CT molecular complexity index is 1480. The minimum absolute atomic E-state index is 0.178. The van der Waals surface area contributed by atoms with E-state index in [-0.39, 0.29) is 11.8 Å². The second-order valence-corrected chi connectivity index (χ2v) is 12.0. The first-order valence-corrected chi connectivity index (χ1v) is 14.8. The molecule has 0 saturated carbocycles. The summed E-state index contributed by atoms with van der Waals surface area (Å²) in [5.41, 5.74) is 2.75. The van der Waals surface area contributed by atoms with Gasteiger partial charge in [-0.05, 0) is 63.2 Å². The van der Waals surface area contributed by atoms with Crippen molar-refractivity contribution in [2.75, 3.05) is 26.7 Å². The van der Waals surface area contributed by atoms with Gasteiger partial charge in [0.25, 0.3) is 0 Å². The highest BCUT2D eigenvalue weighted by molar-refractivity contribution is 7.14. The van der Waals surface area contributed by atoms with Gasteiger partial charge in [-0.15, -0.1) is 10.2 Å². The minimum atomic E-state index is 0.178. The van der Waals surface area contributed by atoms with E-state index in [1.165, 1.54) is 0 Å². The monoisotopic (exact) mass is 558 g/mol. The van der Waals surface area contributed by atoms with Gasteiger partial charge in [0.2, 0.25) is 17.6 Å². The Balaban J connectivity index is 1.26. The average Bonchev–Trinajstić information content (AvgIpc) is 3.72. The van der Waals surface area contributed by atoms with E-state index in [0.29, 0.717) is 42.1 Å². The topological polar surface area (TPSA) is 97.5 Å². The second-order valence-electron chi connectivity index (χ2n) is 11.0. The number of hydrogen-bond acceptors (Lipinski definition) is 9. The maximum Gasteiger partial charge on any atom is 0.231 e. The molecular formula is C30H34N6O3S. The number of carbonyl (C=O) groups excluding carboxylic acids is 1. The number of ether oxygens (including phenoxy) is 1. The molecule has 2 saturated heterocycles. The largest absolute Gasteiger partial charge is 0.457 e. The van der Waals surface area contributed by atoms with Gasteiger partial charge in [0.15, 0.2) is 0 Å². The zero-order chi connectivity index (χ0) is 27.6. The van der Waals surface area contributed by atoms with Crippen molar-refractivity contribution < 1.29 is 14.1 Å². The predicted molar refractivity (Wildman–Crippen MR) is 153 cm³/mol. The van der Waals surface area contributed by atoms with Crippen LogP contribution >= 0.6 is 11.3 Å². The molecule has 0 bridgehead atoms. The number of likely N-dealkylation sites (tertiary alicyclic amines) is 2. The SMILES string of the molecule is CC(C)c1nnc(-c2ccc(Oc3cc(-c4noc(C5CCCN(C)C5)n4)ccc3CN3CCCC3=O)cc2)s1. The fraction of sp³-hybridized carbons (Fsp3) is 0.433. The van der Waals surface area contributed by atoms with Crippen LogP contribution in [0.15, 0.2) is 47.0 Å². The van der Waals surface area contributed by atoms with E-state index < -0.39 is 0 Å². The Morgan fingerprint density at radius 2 is 1.90 bits per heavy atom. The Morgan fingerprint density at radius 1 is 1.07 bits per heavy atom. The second kappa shape index (κ2) is 11.5. The van der Waals surface area contributed by atoms with E-state index in [1.807, 2.05) is 47.4 Å². The van der Waals surface area contributed by atoms with Crippen molar-refractivity contribution in [3.05, 3.63) is 58.9 Å². The van der Waals surface area contributed by atoms with Crippen molar-refractivity contribution in [2.24, 2.45) is 0 Å². The minimum Gasteiger partial charge on any atom is -0.457 e. The first-order valence-electron chi connectivity index (χ1n) is 14.0. The highest BCUT2D eigenvalue weighted by Crippen LogP contribution is 2.34. The van der Waals surface area contributed by atoms with Crippen molar-refractivity contribution in [3.63, 3.8) is 0 Å². The first-order chi connectivity index (χ1) is 19.4. The van der Waals surface area contributed by atoms with Gasteiger partial charge >= 0.3 is 0 Å². The molecule has 208 valence electrons. The molecule has 2 aromatic heterocycles. The molecule has 2 fully saturated rings. The molecule has 1 atom stereocenters. The molecule has 2 aliphatic rings. The molecular weight excluding hydrogens is 524 g/mol. The predicted octanol–water partition coefficient (Wildman–Crippen LogP) is 6.10. The van der Waals surface area contributed by atoms with Crippen LogP contribution in [0.2, 0.25) is 0 Å². The van der Waals surface area contributed by atoms with Crippen LogP contribution in [-0.4, -0.2) is 62.7 Å². The van der Waals surface area contributed by atoms with Crippen molar-refractivity contribution in [1.82, 2.24) is 30.1 Å². The van der Waals surface area contributed by atoms with Crippen molar-refractivity contribution in [2.45, 2.75) is 57.9 Å². The molecule has 2 aliphatic heterocycles. The van der Waals surface area contributed by atoms with Gasteiger partial charge in [-0.2, -0.15) is 4.98 Å². The van der Waals surface area contributed by atoms with Gasteiger partial charge in [-0.3, -0.25) is 4.79 Å². The molecule has 0 spiro atoms. The lowest BCUT2D eigenvalue weighted by Crippen LogP contribution is -2.30. The third-order valence-electron chi connectivity index (χ3n) is 7.54. The van der Waals surface area contributed by atoms with Gasteiger partial charge in [-0.25, -0.2) is 0 Å². The lowest BCUT2D eigenvalue weighted by Gasteiger charge is -2.27. The average molecular weight is 559 g/mol. The zero-order valence-corrected chi connectivity index (χ0v) is 24.0. The number of rotatable bonds is 8. The Morgan fingerprint density at radius 3 is 2.62 bits per heavy atom. The van der Waals surface area contributed by atoms with Crippen LogP contribution in [0.4, 0.5) is 0 Å². The molecule has 10 heteroatoms. The van der Waals surface area contributed by atoms with Crippen LogP contribution in [0.5, 0.6) is 11.5 Å². The number of nitrogens with zero attached hydrogens (tertiary/aromatic N) is 6. The van der Waals surface area contributed by atoms with Crippen LogP contribution in [0, 0.1) is 0 Å². The smallest absolute Gasteiger partial charge is 0.231 e. The molecule has 2 aromatic carbocycles. The molecule has 0 aliphatic carbocycles. The van der Waals surface area contributed by atoms with Crippen LogP contribution in [0.1, 0.15) is 67.8 Å². The summed E-state index contributed by atoms with van der Waals surface area (Å²) in [4.78, 5) is 21.3. The maximum atomic E-state index is 12.4. The summed E-state index contributed by atoms with van der Waals surface area (Å²) in [6, 6.07) is 13.8. The third-order valence-corrected chi connectivity index (χ3v) is 8.81. The van der Waals surface area contributed by atoms with Gasteiger partial charge in [0.1, 0.15) is 21.5 Å². The third kappa shape index (κ3) is 5.78. The van der Waals surface area contributed by atoms with E-state index in [4.69, 9.17) is 14.2 Å². The van der Waals surface area contributed by atoms with E-state index in [0.717, 1.165) is 65.6 Å². The van der Waals surface area contributed by atoms with E-state index >= 15 is 0 Å². The molecule has 4 heterocycles. The van der Waals surface area contributed by atoms with Gasteiger partial charge in [0.05, 0.1) is 5.92 Å². The van der Waals surface area contributed by atoms with E-state index in [9.17, 15) is 4.79 Å². The number of hydrogen-bond donors (Lipinski definition) is 0. The quantitative estimate of drug-likeness (QED) is 0.256. The number of benzene rings is 2. The highest BCUT2D eigenvalue weighted by Gasteiger charge is 2.26. The van der Waals surface area contributed by atoms with Crippen LogP contribution in [0.3, 0.4) is 0 Å². The normalized spacial score (nSPS) is 18.1. The van der Waals surface area contributed by atoms with E-state index in [2.05, 4.69) is 41.1 Å². The highest BCUT2D eigenvalue weighted by atomic mass is 32.1. The van der Waals surface area contributed by atoms with Crippen LogP contribution in [-0.2, 0) is 11.3 Å². The summed E-state index contributed by atoms with van der Waals surface area (Å²) in [5.74, 6) is 3.38. The van der Waals surface area contributed by atoms with Crippen LogP contribution in [0.25, 0.3) is 22.0 Å². The molecule has 6 rings (SSSR count). The Labute approximate surface area is 238 Å². The number of carbonyl (C=O) groups is 1. The number of amides is 1. The molecule has 4 aromatic rings. The number of piperidine rings is 1. The van der Waals surface area contributed by atoms with Gasteiger partial charge in [-0.1, -0.05) is 42.5 Å². The summed E-state index contributed by atoms with van der Waals surface area (Å²) < 4.78 is 12.1. The maximum absolute atomic E-state index is 12.4. The Hall–Kier alpha value is -3.63. The first kappa shape index (κ1) is 26.6. The van der Waals surface area contributed by atoms with Crippen molar-refractivity contribution >= 4 is 17.2 Å². The fourth-order valence-electron chi connectivity index (χ4n) is 5.26. The van der Waals surface area contributed by atoms with Crippen molar-refractivity contribution in [1.29, 1.82) is 0 Å². The molecule has 0 radical (unpaired) electrons. The summed E-state index contributed by atoms with van der Waals surface area (Å²) >= 11 is 1.61. The lowest BCUT2D eigenvalue weighted by atomic mass is 9.98. The summed E-state index contributed by atoms with van der Waals surface area (Å²) in [5, 5.41) is 14.9.